The summed E-state index contributed by atoms with van der Waals surface area (Å²) >= 11 is 0.813. The van der Waals surface area contributed by atoms with Crippen molar-refractivity contribution in [1.82, 2.24) is 10.2 Å². The maximum absolute atomic E-state index is 12.8. The average Bonchev–Trinajstić information content (AvgIpc) is 2.73. The molecule has 110 valence electrons. The Morgan fingerprint density at radius 3 is 2.62 bits per heavy atom. The molecule has 0 spiro atoms. The second-order valence-electron chi connectivity index (χ2n) is 4.31. The lowest BCUT2D eigenvalue weighted by Crippen LogP contribution is -2.32. The van der Waals surface area contributed by atoms with E-state index in [1.165, 1.54) is 37.4 Å². The van der Waals surface area contributed by atoms with E-state index in [0.29, 0.717) is 5.56 Å². The van der Waals surface area contributed by atoms with Crippen LogP contribution >= 0.6 is 11.8 Å². The SMILES string of the molecule is CNC(=O)CCN1C(=O)S/C(=C\c2ccc(F)cc2)C1=O. The van der Waals surface area contributed by atoms with Gasteiger partial charge in [-0.25, -0.2) is 4.39 Å². The van der Waals surface area contributed by atoms with Crippen LogP contribution in [0.3, 0.4) is 0 Å². The van der Waals surface area contributed by atoms with Crippen LogP contribution in [0.4, 0.5) is 9.18 Å². The van der Waals surface area contributed by atoms with Gasteiger partial charge in [0.2, 0.25) is 5.91 Å². The van der Waals surface area contributed by atoms with Crippen LogP contribution in [0.15, 0.2) is 29.2 Å². The number of nitrogens with one attached hydrogen (secondary N) is 1. The van der Waals surface area contributed by atoms with Crippen molar-refractivity contribution >= 4 is 34.9 Å². The Balaban J connectivity index is 2.10. The smallest absolute Gasteiger partial charge is 0.293 e. The first-order valence-corrected chi connectivity index (χ1v) is 7.04. The van der Waals surface area contributed by atoms with E-state index in [2.05, 4.69) is 5.32 Å². The van der Waals surface area contributed by atoms with Crippen LogP contribution < -0.4 is 5.32 Å². The highest BCUT2D eigenvalue weighted by atomic mass is 32.2. The zero-order chi connectivity index (χ0) is 15.4. The molecule has 1 N–H and O–H groups in total. The number of amides is 3. The van der Waals surface area contributed by atoms with Gasteiger partial charge in [-0.15, -0.1) is 0 Å². The molecule has 1 aromatic rings. The minimum Gasteiger partial charge on any atom is -0.359 e. The summed E-state index contributed by atoms with van der Waals surface area (Å²) in [6.45, 7) is 0.0467. The highest BCUT2D eigenvalue weighted by Gasteiger charge is 2.34. The number of halogens is 1. The first-order chi connectivity index (χ1) is 10.0. The van der Waals surface area contributed by atoms with Gasteiger partial charge in [0, 0.05) is 20.0 Å². The van der Waals surface area contributed by atoms with Gasteiger partial charge in [0.1, 0.15) is 5.82 Å². The molecule has 1 fully saturated rings. The molecule has 0 atom stereocenters. The number of imide groups is 1. The molecule has 1 aliphatic heterocycles. The van der Waals surface area contributed by atoms with Gasteiger partial charge >= 0.3 is 0 Å². The summed E-state index contributed by atoms with van der Waals surface area (Å²) in [6, 6.07) is 5.60. The van der Waals surface area contributed by atoms with E-state index < -0.39 is 11.1 Å². The number of rotatable bonds is 4. The van der Waals surface area contributed by atoms with Gasteiger partial charge in [0.05, 0.1) is 4.91 Å². The summed E-state index contributed by atoms with van der Waals surface area (Å²) in [4.78, 5) is 36.3. The Bertz CT molecular complexity index is 613. The first kappa shape index (κ1) is 15.2. The van der Waals surface area contributed by atoms with Crippen molar-refractivity contribution in [3.05, 3.63) is 40.6 Å². The molecule has 5 nitrogen and oxygen atoms in total. The Morgan fingerprint density at radius 1 is 1.33 bits per heavy atom. The molecule has 3 amide bonds. The van der Waals surface area contributed by atoms with Gasteiger partial charge in [-0.2, -0.15) is 0 Å². The summed E-state index contributed by atoms with van der Waals surface area (Å²) < 4.78 is 12.8. The number of thioether (sulfide) groups is 1. The van der Waals surface area contributed by atoms with Crippen LogP contribution in [-0.2, 0) is 9.59 Å². The molecule has 1 saturated heterocycles. The monoisotopic (exact) mass is 308 g/mol. The van der Waals surface area contributed by atoms with Crippen molar-refractivity contribution in [2.24, 2.45) is 0 Å². The van der Waals surface area contributed by atoms with Gasteiger partial charge < -0.3 is 5.32 Å². The Kier molecular flexibility index (Phi) is 4.74. The van der Waals surface area contributed by atoms with E-state index in [1.54, 1.807) is 0 Å². The lowest BCUT2D eigenvalue weighted by atomic mass is 10.2. The second-order valence-corrected chi connectivity index (χ2v) is 5.30. The number of hydrogen-bond acceptors (Lipinski definition) is 4. The average molecular weight is 308 g/mol. The molecular weight excluding hydrogens is 295 g/mol. The van der Waals surface area contributed by atoms with E-state index in [1.807, 2.05) is 0 Å². The van der Waals surface area contributed by atoms with Crippen LogP contribution in [0.2, 0.25) is 0 Å². The van der Waals surface area contributed by atoms with Gasteiger partial charge in [-0.1, -0.05) is 12.1 Å². The van der Waals surface area contributed by atoms with Crippen molar-refractivity contribution in [2.45, 2.75) is 6.42 Å². The summed E-state index contributed by atoms with van der Waals surface area (Å²) in [5, 5.41) is 2.02. The zero-order valence-corrected chi connectivity index (χ0v) is 12.1. The maximum atomic E-state index is 12.8. The number of carbonyl (C=O) groups is 3. The summed E-state index contributed by atoms with van der Waals surface area (Å²) in [5.74, 6) is -1.04. The molecule has 1 aromatic carbocycles. The Hall–Kier alpha value is -2.15. The second kappa shape index (κ2) is 6.53. The largest absolute Gasteiger partial charge is 0.359 e. The molecule has 0 radical (unpaired) electrons. The number of benzene rings is 1. The lowest BCUT2D eigenvalue weighted by Gasteiger charge is -2.11. The highest BCUT2D eigenvalue weighted by molar-refractivity contribution is 8.18. The quantitative estimate of drug-likeness (QED) is 0.864. The molecule has 21 heavy (non-hydrogen) atoms. The van der Waals surface area contributed by atoms with Crippen molar-refractivity contribution in [1.29, 1.82) is 0 Å². The standard InChI is InChI=1S/C14H13FN2O3S/c1-16-12(18)6-7-17-13(19)11(21-14(17)20)8-9-2-4-10(15)5-3-9/h2-5,8H,6-7H2,1H3,(H,16,18)/b11-8-. The van der Waals surface area contributed by atoms with Crippen molar-refractivity contribution < 1.29 is 18.8 Å². The zero-order valence-electron chi connectivity index (χ0n) is 11.3. The Morgan fingerprint density at radius 2 is 2.00 bits per heavy atom. The molecule has 2 rings (SSSR count). The van der Waals surface area contributed by atoms with Gasteiger partial charge in [0.15, 0.2) is 0 Å². The van der Waals surface area contributed by atoms with E-state index >= 15 is 0 Å². The molecule has 7 heteroatoms. The fourth-order valence-corrected chi connectivity index (χ4v) is 2.61. The Labute approximate surface area is 125 Å². The van der Waals surface area contributed by atoms with E-state index in [-0.39, 0.29) is 29.6 Å². The fraction of sp³-hybridized carbons (Fsp3) is 0.214. The molecule has 1 heterocycles. The number of nitrogens with zero attached hydrogens (tertiary/aromatic N) is 1. The highest BCUT2D eigenvalue weighted by Crippen LogP contribution is 2.32. The van der Waals surface area contributed by atoms with Crippen LogP contribution in [0.1, 0.15) is 12.0 Å². The molecule has 0 aliphatic carbocycles. The minimum atomic E-state index is -0.432. The number of hydrogen-bond donors (Lipinski definition) is 1. The number of carbonyl (C=O) groups excluding carboxylic acids is 3. The van der Waals surface area contributed by atoms with Crippen molar-refractivity contribution in [3.8, 4) is 0 Å². The van der Waals surface area contributed by atoms with Gasteiger partial charge in [-0.05, 0) is 35.5 Å². The van der Waals surface area contributed by atoms with Crippen LogP contribution in [0.25, 0.3) is 6.08 Å². The van der Waals surface area contributed by atoms with E-state index in [0.717, 1.165) is 16.7 Å². The third-order valence-electron chi connectivity index (χ3n) is 2.88. The summed E-state index contributed by atoms with van der Waals surface area (Å²) in [5.41, 5.74) is 0.633. The molecule has 0 aromatic heterocycles. The van der Waals surface area contributed by atoms with E-state index in [4.69, 9.17) is 0 Å². The van der Waals surface area contributed by atoms with Crippen LogP contribution in [0, 0.1) is 5.82 Å². The van der Waals surface area contributed by atoms with Crippen LogP contribution in [0.5, 0.6) is 0 Å². The molecule has 0 unspecified atom stereocenters. The summed E-state index contributed by atoms with van der Waals surface area (Å²) in [7, 11) is 1.49. The summed E-state index contributed by atoms with van der Waals surface area (Å²) in [6.07, 6.45) is 1.60. The lowest BCUT2D eigenvalue weighted by molar-refractivity contribution is -0.124. The predicted octanol–water partition coefficient (Wildman–Crippen LogP) is 2.00. The topological polar surface area (TPSA) is 66.5 Å². The van der Waals surface area contributed by atoms with E-state index in [9.17, 15) is 18.8 Å². The predicted molar refractivity (Wildman–Crippen MR) is 77.8 cm³/mol. The first-order valence-electron chi connectivity index (χ1n) is 6.23. The minimum absolute atomic E-state index is 0.0467. The third-order valence-corrected chi connectivity index (χ3v) is 3.79. The molecule has 0 saturated carbocycles. The molecule has 1 aliphatic rings. The third kappa shape index (κ3) is 3.69. The van der Waals surface area contributed by atoms with Gasteiger partial charge in [-0.3, -0.25) is 19.3 Å². The molecular formula is C14H13FN2O3S. The normalized spacial score (nSPS) is 16.7. The van der Waals surface area contributed by atoms with Crippen molar-refractivity contribution in [3.63, 3.8) is 0 Å². The molecule has 0 bridgehead atoms. The maximum Gasteiger partial charge on any atom is 0.293 e. The van der Waals surface area contributed by atoms with Crippen molar-refractivity contribution in [2.75, 3.05) is 13.6 Å². The fourth-order valence-electron chi connectivity index (χ4n) is 1.74. The van der Waals surface area contributed by atoms with Crippen LogP contribution in [-0.4, -0.2) is 35.5 Å². The van der Waals surface area contributed by atoms with Gasteiger partial charge in [0.25, 0.3) is 11.1 Å².